The molecule has 2 saturated heterocycles. The second-order valence-electron chi connectivity index (χ2n) is 6.89. The number of fused-ring (bicyclic) bond motifs is 1. The van der Waals surface area contributed by atoms with Gasteiger partial charge in [0, 0.05) is 25.2 Å². The molecule has 5 heteroatoms. The van der Waals surface area contributed by atoms with Crippen LogP contribution in [0.4, 0.5) is 13.2 Å². The highest BCUT2D eigenvalue weighted by atomic mass is 19.4. The monoisotopic (exact) mass is 290 g/mol. The maximum atomic E-state index is 12.8. The minimum absolute atomic E-state index is 0.205. The Labute approximate surface area is 119 Å². The summed E-state index contributed by atoms with van der Waals surface area (Å²) in [7, 11) is 0. The van der Waals surface area contributed by atoms with E-state index in [2.05, 4.69) is 5.32 Å². The van der Waals surface area contributed by atoms with Crippen molar-refractivity contribution in [3.8, 4) is 0 Å². The third-order valence-electron chi connectivity index (χ3n) is 5.39. The molecule has 20 heavy (non-hydrogen) atoms. The van der Waals surface area contributed by atoms with Gasteiger partial charge in [-0.05, 0) is 44.6 Å². The molecule has 4 atom stereocenters. The summed E-state index contributed by atoms with van der Waals surface area (Å²) >= 11 is 0. The minimum Gasteiger partial charge on any atom is -0.310 e. The normalized spacial score (nSPS) is 39.8. The molecule has 3 aliphatic rings. The fourth-order valence-electron chi connectivity index (χ4n) is 4.37. The van der Waals surface area contributed by atoms with Crippen LogP contribution in [0.25, 0.3) is 0 Å². The molecule has 116 valence electrons. The van der Waals surface area contributed by atoms with Gasteiger partial charge in [0.15, 0.2) is 0 Å². The molecule has 3 fully saturated rings. The van der Waals surface area contributed by atoms with Crippen molar-refractivity contribution in [2.24, 2.45) is 11.8 Å². The second-order valence-corrected chi connectivity index (χ2v) is 6.89. The number of rotatable bonds is 2. The number of piperidine rings is 1. The Kier molecular flexibility index (Phi) is 4.27. The van der Waals surface area contributed by atoms with E-state index >= 15 is 0 Å². The van der Waals surface area contributed by atoms with Crippen LogP contribution in [0.1, 0.15) is 44.9 Å². The fraction of sp³-hybridized carbons (Fsp3) is 1.00. The summed E-state index contributed by atoms with van der Waals surface area (Å²) < 4.78 is 38.5. The Morgan fingerprint density at radius 3 is 2.60 bits per heavy atom. The Morgan fingerprint density at radius 1 is 1.05 bits per heavy atom. The van der Waals surface area contributed by atoms with Gasteiger partial charge in [-0.1, -0.05) is 12.8 Å². The van der Waals surface area contributed by atoms with Gasteiger partial charge in [-0.15, -0.1) is 0 Å². The number of likely N-dealkylation sites (tertiary alicyclic amines) is 1. The highest BCUT2D eigenvalue weighted by molar-refractivity contribution is 4.94. The lowest BCUT2D eigenvalue weighted by molar-refractivity contribution is -0.186. The topological polar surface area (TPSA) is 15.3 Å². The van der Waals surface area contributed by atoms with Crippen LogP contribution < -0.4 is 5.32 Å². The van der Waals surface area contributed by atoms with Crippen LogP contribution in [-0.2, 0) is 0 Å². The van der Waals surface area contributed by atoms with Crippen LogP contribution in [0.2, 0.25) is 0 Å². The average molecular weight is 290 g/mol. The first-order chi connectivity index (χ1) is 9.52. The standard InChI is InChI=1S/C15H25F3N2/c16-15(17,18)12-5-3-7-20(9-12)10-13-8-11-4-1-2-6-14(11)19-13/h11-14,19H,1-10H2. The number of halogens is 3. The largest absolute Gasteiger partial charge is 0.393 e. The van der Waals surface area contributed by atoms with Crippen molar-refractivity contribution in [1.29, 1.82) is 0 Å². The molecule has 1 aliphatic carbocycles. The molecule has 1 saturated carbocycles. The van der Waals surface area contributed by atoms with E-state index in [1.54, 1.807) is 0 Å². The smallest absolute Gasteiger partial charge is 0.310 e. The molecular formula is C15H25F3N2. The zero-order chi connectivity index (χ0) is 14.2. The van der Waals surface area contributed by atoms with Gasteiger partial charge in [0.05, 0.1) is 5.92 Å². The molecule has 1 N–H and O–H groups in total. The fourth-order valence-corrected chi connectivity index (χ4v) is 4.37. The molecule has 2 nitrogen and oxygen atoms in total. The zero-order valence-electron chi connectivity index (χ0n) is 12.0. The van der Waals surface area contributed by atoms with Crippen molar-refractivity contribution in [1.82, 2.24) is 10.2 Å². The van der Waals surface area contributed by atoms with E-state index in [9.17, 15) is 13.2 Å². The number of hydrogen-bond acceptors (Lipinski definition) is 2. The van der Waals surface area contributed by atoms with Gasteiger partial charge in [-0.3, -0.25) is 0 Å². The highest BCUT2D eigenvalue weighted by Gasteiger charge is 2.42. The molecule has 4 unspecified atom stereocenters. The Morgan fingerprint density at radius 2 is 1.85 bits per heavy atom. The molecule has 3 rings (SSSR count). The van der Waals surface area contributed by atoms with Crippen molar-refractivity contribution in [3.05, 3.63) is 0 Å². The third-order valence-corrected chi connectivity index (χ3v) is 5.39. The quantitative estimate of drug-likeness (QED) is 0.840. The summed E-state index contributed by atoms with van der Waals surface area (Å²) in [5.74, 6) is -0.336. The Hall–Kier alpha value is -0.290. The molecule has 0 spiro atoms. The van der Waals surface area contributed by atoms with E-state index in [1.165, 1.54) is 25.7 Å². The number of alkyl halides is 3. The van der Waals surface area contributed by atoms with Crippen molar-refractivity contribution >= 4 is 0 Å². The maximum absolute atomic E-state index is 12.8. The van der Waals surface area contributed by atoms with Crippen LogP contribution in [0, 0.1) is 11.8 Å². The van der Waals surface area contributed by atoms with E-state index < -0.39 is 12.1 Å². The van der Waals surface area contributed by atoms with E-state index in [0.29, 0.717) is 24.9 Å². The van der Waals surface area contributed by atoms with Crippen LogP contribution in [0.3, 0.4) is 0 Å². The molecule has 0 amide bonds. The van der Waals surface area contributed by atoms with Crippen LogP contribution in [0.5, 0.6) is 0 Å². The average Bonchev–Trinajstić information content (AvgIpc) is 2.80. The van der Waals surface area contributed by atoms with Gasteiger partial charge in [0.2, 0.25) is 0 Å². The molecule has 2 heterocycles. The van der Waals surface area contributed by atoms with Gasteiger partial charge in [0.25, 0.3) is 0 Å². The van der Waals surface area contributed by atoms with E-state index in [-0.39, 0.29) is 6.54 Å². The third kappa shape index (κ3) is 3.30. The molecule has 0 aromatic rings. The summed E-state index contributed by atoms with van der Waals surface area (Å²) in [6, 6.07) is 1.05. The number of nitrogens with zero attached hydrogens (tertiary/aromatic N) is 1. The number of hydrogen-bond donors (Lipinski definition) is 1. The summed E-state index contributed by atoms with van der Waals surface area (Å²) in [4.78, 5) is 2.04. The Balaban J connectivity index is 1.51. The molecule has 2 aliphatic heterocycles. The summed E-state index contributed by atoms with van der Waals surface area (Å²) in [6.07, 6.45) is 3.34. The Bertz CT molecular complexity index is 318. The van der Waals surface area contributed by atoms with Crippen LogP contribution in [0.15, 0.2) is 0 Å². The van der Waals surface area contributed by atoms with Crippen molar-refractivity contribution in [2.75, 3.05) is 19.6 Å². The highest BCUT2D eigenvalue weighted by Crippen LogP contribution is 2.35. The van der Waals surface area contributed by atoms with E-state index in [1.807, 2.05) is 4.90 Å². The van der Waals surface area contributed by atoms with E-state index in [0.717, 1.165) is 25.4 Å². The maximum Gasteiger partial charge on any atom is 0.393 e. The predicted octanol–water partition coefficient (Wildman–Crippen LogP) is 3.18. The molecule has 0 aromatic carbocycles. The van der Waals surface area contributed by atoms with Crippen molar-refractivity contribution in [3.63, 3.8) is 0 Å². The zero-order valence-corrected chi connectivity index (χ0v) is 12.0. The summed E-state index contributed by atoms with van der Waals surface area (Å²) in [6.45, 7) is 1.84. The minimum atomic E-state index is -4.02. The first kappa shape index (κ1) is 14.6. The van der Waals surface area contributed by atoms with E-state index in [4.69, 9.17) is 0 Å². The second kappa shape index (κ2) is 5.84. The van der Waals surface area contributed by atoms with Gasteiger partial charge in [-0.25, -0.2) is 0 Å². The lowest BCUT2D eigenvalue weighted by atomic mass is 9.85. The van der Waals surface area contributed by atoms with Crippen molar-refractivity contribution in [2.45, 2.75) is 63.2 Å². The van der Waals surface area contributed by atoms with Gasteiger partial charge < -0.3 is 10.2 Å². The van der Waals surface area contributed by atoms with Gasteiger partial charge >= 0.3 is 6.18 Å². The first-order valence-corrected chi connectivity index (χ1v) is 8.07. The molecule has 0 aromatic heterocycles. The van der Waals surface area contributed by atoms with Gasteiger partial charge in [-0.2, -0.15) is 13.2 Å². The lowest BCUT2D eigenvalue weighted by Gasteiger charge is -2.35. The molecular weight excluding hydrogens is 265 g/mol. The first-order valence-electron chi connectivity index (χ1n) is 8.07. The van der Waals surface area contributed by atoms with Crippen LogP contribution in [-0.4, -0.2) is 42.8 Å². The van der Waals surface area contributed by atoms with Gasteiger partial charge in [0.1, 0.15) is 0 Å². The van der Waals surface area contributed by atoms with Crippen molar-refractivity contribution < 1.29 is 13.2 Å². The lowest BCUT2D eigenvalue weighted by Crippen LogP contribution is -2.47. The summed E-state index contributed by atoms with van der Waals surface area (Å²) in [5, 5.41) is 3.67. The molecule has 0 radical (unpaired) electrons. The SMILES string of the molecule is FC(F)(F)C1CCCN(CC2CC3CCCCC3N2)C1. The summed E-state index contributed by atoms with van der Waals surface area (Å²) in [5.41, 5.74) is 0. The number of nitrogens with one attached hydrogen (secondary N) is 1. The predicted molar refractivity (Wildman–Crippen MR) is 72.5 cm³/mol. The molecule has 0 bridgehead atoms. The van der Waals surface area contributed by atoms with Crippen LogP contribution >= 0.6 is 0 Å².